The average Bonchev–Trinajstić information content (AvgIpc) is 3.11. The third-order valence-corrected chi connectivity index (χ3v) is 4.68. The van der Waals surface area contributed by atoms with Crippen molar-refractivity contribution in [1.82, 2.24) is 5.32 Å². The van der Waals surface area contributed by atoms with Crippen molar-refractivity contribution in [2.45, 2.75) is 43.9 Å². The molecule has 1 amide bonds. The van der Waals surface area contributed by atoms with Gasteiger partial charge in [0, 0.05) is 5.54 Å². The Morgan fingerprint density at radius 2 is 2.11 bits per heavy atom. The first-order valence-electron chi connectivity index (χ1n) is 6.46. The molecule has 0 saturated heterocycles. The van der Waals surface area contributed by atoms with Gasteiger partial charge in [-0.3, -0.25) is 4.79 Å². The van der Waals surface area contributed by atoms with Crippen molar-refractivity contribution in [2.24, 2.45) is 0 Å². The van der Waals surface area contributed by atoms with Crippen LogP contribution in [0, 0.1) is 6.92 Å². The normalized spacial score (nSPS) is 18.2. The Morgan fingerprint density at radius 3 is 2.67 bits per heavy atom. The van der Waals surface area contributed by atoms with Crippen molar-refractivity contribution in [3.8, 4) is 0 Å². The number of carbonyl (C=O) groups is 1. The van der Waals surface area contributed by atoms with E-state index in [1.165, 1.54) is 11.1 Å². The van der Waals surface area contributed by atoms with Crippen LogP contribution in [-0.4, -0.2) is 23.0 Å². The van der Waals surface area contributed by atoms with Crippen molar-refractivity contribution in [1.29, 1.82) is 0 Å². The van der Waals surface area contributed by atoms with Crippen LogP contribution in [0.5, 0.6) is 0 Å². The highest BCUT2D eigenvalue weighted by Gasteiger charge is 2.44. The van der Waals surface area contributed by atoms with Crippen LogP contribution in [0.2, 0.25) is 0 Å². The number of aryl methyl sites for hydroxylation is 1. The number of hydrogen-bond donors (Lipinski definition) is 1. The molecular weight excluding hydrogens is 242 g/mol. The maximum absolute atomic E-state index is 12.0. The zero-order valence-electron chi connectivity index (χ0n) is 11.3. The van der Waals surface area contributed by atoms with E-state index in [4.69, 9.17) is 0 Å². The molecule has 0 bridgehead atoms. The Balaban J connectivity index is 2.01. The zero-order chi connectivity index (χ0) is 13.2. The van der Waals surface area contributed by atoms with Crippen molar-refractivity contribution < 1.29 is 4.79 Å². The van der Waals surface area contributed by atoms with Gasteiger partial charge in [-0.2, -0.15) is 11.8 Å². The third-order valence-electron chi connectivity index (χ3n) is 3.75. The molecule has 98 valence electrons. The number of amides is 1. The molecule has 0 aliphatic heterocycles. The summed E-state index contributed by atoms with van der Waals surface area (Å²) < 4.78 is 0. The lowest BCUT2D eigenvalue weighted by atomic mass is 9.99. The molecule has 1 aliphatic rings. The molecule has 1 aliphatic carbocycles. The Kier molecular flexibility index (Phi) is 4.00. The summed E-state index contributed by atoms with van der Waals surface area (Å²) in [6.07, 6.45) is 5.15. The van der Waals surface area contributed by atoms with E-state index in [1.807, 2.05) is 13.2 Å². The van der Waals surface area contributed by atoms with Crippen molar-refractivity contribution in [3.63, 3.8) is 0 Å². The van der Waals surface area contributed by atoms with Crippen LogP contribution in [0.15, 0.2) is 24.3 Å². The van der Waals surface area contributed by atoms with Crippen LogP contribution < -0.4 is 5.32 Å². The van der Waals surface area contributed by atoms with E-state index in [9.17, 15) is 4.79 Å². The van der Waals surface area contributed by atoms with Gasteiger partial charge in [0.25, 0.3) is 0 Å². The van der Waals surface area contributed by atoms with Crippen LogP contribution >= 0.6 is 11.8 Å². The second-order valence-corrected chi connectivity index (χ2v) is 6.43. The predicted octanol–water partition coefficient (Wildman–Crippen LogP) is 2.94. The molecule has 1 unspecified atom stereocenters. The fourth-order valence-electron chi connectivity index (χ4n) is 2.14. The Morgan fingerprint density at radius 1 is 1.44 bits per heavy atom. The largest absolute Gasteiger partial charge is 0.349 e. The monoisotopic (exact) mass is 263 g/mol. The van der Waals surface area contributed by atoms with E-state index in [0.29, 0.717) is 0 Å². The van der Waals surface area contributed by atoms with E-state index in [-0.39, 0.29) is 16.7 Å². The molecule has 2 nitrogen and oxygen atoms in total. The fourth-order valence-corrected chi connectivity index (χ4v) is 2.41. The highest BCUT2D eigenvalue weighted by molar-refractivity contribution is 7.99. The lowest BCUT2D eigenvalue weighted by molar-refractivity contribution is -0.121. The van der Waals surface area contributed by atoms with Crippen molar-refractivity contribution in [3.05, 3.63) is 35.4 Å². The van der Waals surface area contributed by atoms with E-state index in [2.05, 4.69) is 36.5 Å². The number of benzene rings is 1. The van der Waals surface area contributed by atoms with Crippen LogP contribution in [0.3, 0.4) is 0 Å². The maximum atomic E-state index is 12.0. The molecule has 0 radical (unpaired) electrons. The van der Waals surface area contributed by atoms with Gasteiger partial charge in [0.1, 0.15) is 0 Å². The van der Waals surface area contributed by atoms with E-state index >= 15 is 0 Å². The molecule has 1 atom stereocenters. The van der Waals surface area contributed by atoms with Gasteiger partial charge in [0.2, 0.25) is 5.91 Å². The molecule has 18 heavy (non-hydrogen) atoms. The van der Waals surface area contributed by atoms with Gasteiger partial charge in [-0.05, 0) is 50.5 Å². The zero-order valence-corrected chi connectivity index (χ0v) is 12.1. The lowest BCUT2D eigenvalue weighted by Crippen LogP contribution is -2.42. The number of rotatable bonds is 5. The van der Waals surface area contributed by atoms with E-state index in [0.717, 1.165) is 19.3 Å². The van der Waals surface area contributed by atoms with Gasteiger partial charge in [-0.15, -0.1) is 0 Å². The van der Waals surface area contributed by atoms with Gasteiger partial charge < -0.3 is 5.32 Å². The second-order valence-electron chi connectivity index (χ2n) is 5.25. The maximum Gasteiger partial charge on any atom is 0.233 e. The molecule has 0 spiro atoms. The molecule has 0 heterocycles. The highest BCUT2D eigenvalue weighted by Crippen LogP contribution is 2.39. The standard InChI is InChI=1S/C15H21NOS/c1-11-6-4-5-7-13(11)10-15(8-9-15)16-14(17)12(2)18-3/h4-7,12H,8-10H2,1-3H3,(H,16,17). The summed E-state index contributed by atoms with van der Waals surface area (Å²) >= 11 is 1.60. The third kappa shape index (κ3) is 3.08. The first-order valence-corrected chi connectivity index (χ1v) is 7.74. The minimum atomic E-state index is 0.0349. The molecule has 3 heteroatoms. The number of hydrogen-bond acceptors (Lipinski definition) is 2. The van der Waals surface area contributed by atoms with Crippen LogP contribution in [-0.2, 0) is 11.2 Å². The van der Waals surface area contributed by atoms with Crippen molar-refractivity contribution >= 4 is 17.7 Å². The molecule has 1 N–H and O–H groups in total. The van der Waals surface area contributed by atoms with Gasteiger partial charge in [-0.25, -0.2) is 0 Å². The highest BCUT2D eigenvalue weighted by atomic mass is 32.2. The summed E-state index contributed by atoms with van der Waals surface area (Å²) in [5, 5.41) is 3.28. The van der Waals surface area contributed by atoms with Crippen molar-refractivity contribution in [2.75, 3.05) is 6.26 Å². The van der Waals surface area contributed by atoms with Crippen LogP contribution in [0.25, 0.3) is 0 Å². The summed E-state index contributed by atoms with van der Waals surface area (Å²) in [6.45, 7) is 4.10. The summed E-state index contributed by atoms with van der Waals surface area (Å²) in [4.78, 5) is 12.0. The molecule has 0 aromatic heterocycles. The van der Waals surface area contributed by atoms with Gasteiger partial charge >= 0.3 is 0 Å². The summed E-state index contributed by atoms with van der Waals surface area (Å²) in [5.74, 6) is 0.175. The van der Waals surface area contributed by atoms with Gasteiger partial charge in [0.15, 0.2) is 0 Å². The fraction of sp³-hybridized carbons (Fsp3) is 0.533. The van der Waals surface area contributed by atoms with Crippen LogP contribution in [0.4, 0.5) is 0 Å². The topological polar surface area (TPSA) is 29.1 Å². The molecule has 1 aromatic rings. The number of nitrogens with one attached hydrogen (secondary N) is 1. The molecule has 1 fully saturated rings. The second kappa shape index (κ2) is 5.35. The Bertz CT molecular complexity index is 440. The smallest absolute Gasteiger partial charge is 0.233 e. The summed E-state index contributed by atoms with van der Waals surface area (Å²) in [5.41, 5.74) is 2.70. The number of carbonyl (C=O) groups excluding carboxylic acids is 1. The number of thioether (sulfide) groups is 1. The van der Waals surface area contributed by atoms with Gasteiger partial charge in [-0.1, -0.05) is 24.3 Å². The van der Waals surface area contributed by atoms with E-state index < -0.39 is 0 Å². The van der Waals surface area contributed by atoms with E-state index in [1.54, 1.807) is 11.8 Å². The first-order chi connectivity index (χ1) is 8.56. The predicted molar refractivity (Wildman–Crippen MR) is 78.0 cm³/mol. The Hall–Kier alpha value is -0.960. The summed E-state index contributed by atoms with van der Waals surface area (Å²) in [6, 6.07) is 8.44. The molecule has 2 rings (SSSR count). The SMILES string of the molecule is CSC(C)C(=O)NC1(Cc2ccccc2C)CC1. The van der Waals surface area contributed by atoms with Gasteiger partial charge in [0.05, 0.1) is 5.25 Å². The first kappa shape index (κ1) is 13.5. The lowest BCUT2D eigenvalue weighted by Gasteiger charge is -2.20. The quantitative estimate of drug-likeness (QED) is 0.885. The minimum absolute atomic E-state index is 0.0349. The average molecular weight is 263 g/mol. The molecule has 1 aromatic carbocycles. The Labute approximate surface area is 114 Å². The van der Waals surface area contributed by atoms with Crippen LogP contribution in [0.1, 0.15) is 30.9 Å². The molecule has 1 saturated carbocycles. The molecular formula is C15H21NOS. The summed E-state index contributed by atoms with van der Waals surface area (Å²) in [7, 11) is 0. The minimum Gasteiger partial charge on any atom is -0.349 e.